The van der Waals surface area contributed by atoms with Crippen LogP contribution in [0.3, 0.4) is 0 Å². The number of nitrogens with zero attached hydrogens (tertiary/aromatic N) is 3. The molecule has 152 valence electrons. The molecule has 3 saturated carbocycles. The molecule has 5 rings (SSSR count). The van der Waals surface area contributed by atoms with Gasteiger partial charge in [-0.3, -0.25) is 0 Å². The summed E-state index contributed by atoms with van der Waals surface area (Å²) in [5.74, 6) is 0.633. The summed E-state index contributed by atoms with van der Waals surface area (Å²) in [5, 5.41) is 4.21. The molecule has 1 aromatic rings. The third kappa shape index (κ3) is 2.99. The second kappa shape index (κ2) is 6.86. The minimum atomic E-state index is -0.635. The van der Waals surface area contributed by atoms with Gasteiger partial charge in [0.25, 0.3) is 0 Å². The van der Waals surface area contributed by atoms with E-state index < -0.39 is 5.79 Å². The highest BCUT2D eigenvalue weighted by atomic mass is 127. The van der Waals surface area contributed by atoms with Crippen LogP contribution < -0.4 is 0 Å². The second-order valence-electron chi connectivity index (χ2n) is 9.96. The summed E-state index contributed by atoms with van der Waals surface area (Å²) in [5.41, 5.74) is 10.5. The Labute approximate surface area is 181 Å². The minimum absolute atomic E-state index is 0.0134. The lowest BCUT2D eigenvalue weighted by molar-refractivity contribution is -0.392. The van der Waals surface area contributed by atoms with Gasteiger partial charge in [0.05, 0.1) is 22.2 Å². The van der Waals surface area contributed by atoms with Crippen LogP contribution >= 0.6 is 22.6 Å². The van der Waals surface area contributed by atoms with Gasteiger partial charge in [0.15, 0.2) is 5.79 Å². The van der Waals surface area contributed by atoms with E-state index >= 15 is 0 Å². The van der Waals surface area contributed by atoms with Gasteiger partial charge >= 0.3 is 0 Å². The largest absolute Gasteiger partial charge is 0.347 e. The summed E-state index contributed by atoms with van der Waals surface area (Å²) in [6.07, 6.45) is 2.45. The molecule has 2 bridgehead atoms. The van der Waals surface area contributed by atoms with Crippen molar-refractivity contribution in [1.29, 1.82) is 0 Å². The van der Waals surface area contributed by atoms with Crippen LogP contribution in [0.4, 0.5) is 0 Å². The molecule has 6 heteroatoms. The molecule has 0 radical (unpaired) electrons. The average molecular weight is 495 g/mol. The van der Waals surface area contributed by atoms with Gasteiger partial charge in [-0.25, -0.2) is 0 Å². The first kappa shape index (κ1) is 20.5. The summed E-state index contributed by atoms with van der Waals surface area (Å²) in [6.45, 7) is 11.2. The van der Waals surface area contributed by atoms with Crippen molar-refractivity contribution in [3.8, 4) is 0 Å². The minimum Gasteiger partial charge on any atom is -0.347 e. The Bertz CT molecular complexity index is 792. The summed E-state index contributed by atoms with van der Waals surface area (Å²) in [4.78, 5) is 3.18. The third-order valence-corrected chi connectivity index (χ3v) is 9.11. The van der Waals surface area contributed by atoms with Gasteiger partial charge in [0, 0.05) is 10.3 Å². The number of benzene rings is 1. The topological polar surface area (TPSA) is 67.2 Å². The molecule has 0 spiro atoms. The van der Waals surface area contributed by atoms with E-state index in [1.165, 1.54) is 6.42 Å². The molecule has 1 aromatic carbocycles. The fourth-order valence-corrected chi connectivity index (χ4v) is 7.64. The van der Waals surface area contributed by atoms with E-state index in [9.17, 15) is 5.53 Å². The van der Waals surface area contributed by atoms with Gasteiger partial charge in [0.1, 0.15) is 0 Å². The molecule has 7 atom stereocenters. The van der Waals surface area contributed by atoms with Gasteiger partial charge in [-0.05, 0) is 55.0 Å². The number of alkyl halides is 1. The molecule has 1 saturated heterocycles. The van der Waals surface area contributed by atoms with E-state index in [-0.39, 0.29) is 27.6 Å². The van der Waals surface area contributed by atoms with Crippen molar-refractivity contribution in [2.75, 3.05) is 0 Å². The number of hydrogen-bond acceptors (Lipinski definition) is 3. The zero-order chi connectivity index (χ0) is 20.3. The summed E-state index contributed by atoms with van der Waals surface area (Å²) in [7, 11) is 0. The second-order valence-corrected chi connectivity index (χ2v) is 11.4. The molecule has 4 fully saturated rings. The molecule has 0 amide bonds. The molecular formula is C22H30IN3O2. The zero-order valence-electron chi connectivity index (χ0n) is 17.3. The molecule has 0 unspecified atom stereocenters. The highest BCUT2D eigenvalue weighted by Crippen LogP contribution is 2.70. The van der Waals surface area contributed by atoms with Crippen molar-refractivity contribution in [2.24, 2.45) is 27.8 Å². The molecule has 1 heterocycles. The van der Waals surface area contributed by atoms with E-state index in [0.29, 0.717) is 11.3 Å². The Morgan fingerprint density at radius 1 is 1.11 bits per heavy atom. The van der Waals surface area contributed by atoms with Crippen LogP contribution in [0.25, 0.3) is 10.4 Å². The van der Waals surface area contributed by atoms with E-state index in [2.05, 4.69) is 53.4 Å². The molecule has 4 aliphatic rings. The van der Waals surface area contributed by atoms with E-state index in [0.717, 1.165) is 17.9 Å². The van der Waals surface area contributed by atoms with Gasteiger partial charge in [-0.2, -0.15) is 0 Å². The molecule has 1 aliphatic heterocycles. The maximum atomic E-state index is 9.28. The zero-order valence-corrected chi connectivity index (χ0v) is 19.5. The van der Waals surface area contributed by atoms with Crippen molar-refractivity contribution in [3.63, 3.8) is 0 Å². The first-order valence-electron chi connectivity index (χ1n) is 10.2. The predicted molar refractivity (Wildman–Crippen MR) is 118 cm³/mol. The number of halogens is 1. The fraction of sp³-hybridized carbons (Fsp3) is 0.727. The van der Waals surface area contributed by atoms with Crippen molar-refractivity contribution < 1.29 is 9.47 Å². The molecule has 5 nitrogen and oxygen atoms in total. The van der Waals surface area contributed by atoms with Gasteiger partial charge < -0.3 is 9.47 Å². The normalized spacial score (nSPS) is 39.6. The predicted octanol–water partition coefficient (Wildman–Crippen LogP) is 6.43. The number of rotatable bonds is 4. The fourth-order valence-electron chi connectivity index (χ4n) is 6.16. The van der Waals surface area contributed by atoms with Crippen LogP contribution in [0.1, 0.15) is 59.1 Å². The van der Waals surface area contributed by atoms with Crippen molar-refractivity contribution in [1.82, 2.24) is 0 Å². The van der Waals surface area contributed by atoms with E-state index in [1.54, 1.807) is 0 Å². The summed E-state index contributed by atoms with van der Waals surface area (Å²) < 4.78 is 13.1. The number of azide groups is 1. The molecule has 28 heavy (non-hydrogen) atoms. The van der Waals surface area contributed by atoms with E-state index in [4.69, 9.17) is 9.47 Å². The Morgan fingerprint density at radius 3 is 2.39 bits per heavy atom. The van der Waals surface area contributed by atoms with Crippen LogP contribution in [-0.2, 0) is 9.47 Å². The standard InChI is InChI=1S/C22H30IN3O2/c1-20(2)14-11-15(20)22(5)16(12-14)27-21(3,4)28-19(22)17(23)18(25-26-24)13-9-7-6-8-10-13/h6-10,14-19H,11-12H2,1-5H3/t14-,15-,16+,17-,18-,19+,22-/m0/s1. The molecule has 0 N–H and O–H groups in total. The van der Waals surface area contributed by atoms with Gasteiger partial charge in [-0.15, -0.1) is 0 Å². The quantitative estimate of drug-likeness (QED) is 0.159. The molecular weight excluding hydrogens is 465 g/mol. The van der Waals surface area contributed by atoms with Gasteiger partial charge in [-0.1, -0.05) is 78.8 Å². The van der Waals surface area contributed by atoms with Crippen LogP contribution in [0.15, 0.2) is 35.4 Å². The Kier molecular flexibility index (Phi) is 5.01. The Morgan fingerprint density at radius 2 is 1.79 bits per heavy atom. The Hall–Kier alpha value is -0.820. The average Bonchev–Trinajstić information content (AvgIpc) is 2.65. The lowest BCUT2D eigenvalue weighted by Gasteiger charge is -2.71. The number of hydrogen-bond donors (Lipinski definition) is 0. The molecule has 0 aromatic heterocycles. The lowest BCUT2D eigenvalue weighted by atomic mass is 9.38. The van der Waals surface area contributed by atoms with E-state index in [1.807, 2.05) is 44.2 Å². The van der Waals surface area contributed by atoms with Crippen LogP contribution in [0, 0.1) is 22.7 Å². The first-order valence-corrected chi connectivity index (χ1v) is 11.4. The molecule has 3 aliphatic carbocycles. The monoisotopic (exact) mass is 495 g/mol. The van der Waals surface area contributed by atoms with Crippen molar-refractivity contribution in [2.45, 2.75) is 75.4 Å². The van der Waals surface area contributed by atoms with Crippen LogP contribution in [0.2, 0.25) is 0 Å². The first-order chi connectivity index (χ1) is 13.1. The maximum absolute atomic E-state index is 9.28. The summed E-state index contributed by atoms with van der Waals surface area (Å²) in [6, 6.07) is 9.79. The van der Waals surface area contributed by atoms with Gasteiger partial charge in [0.2, 0.25) is 0 Å². The lowest BCUT2D eigenvalue weighted by Crippen LogP contribution is -2.72. The highest BCUT2D eigenvalue weighted by Gasteiger charge is 2.69. The smallest absolute Gasteiger partial charge is 0.163 e. The summed E-state index contributed by atoms with van der Waals surface area (Å²) >= 11 is 2.46. The van der Waals surface area contributed by atoms with Crippen LogP contribution in [-0.4, -0.2) is 21.9 Å². The SMILES string of the molecule is CC1(C)O[C@H]([C@@H](I)[C@@H](N=[N+]=[N-])c2ccccc2)[C@]2(C)[C@@H](C[C@@H]3C[C@H]2C3(C)C)O1. The maximum Gasteiger partial charge on any atom is 0.163 e. The number of ether oxygens (including phenoxy) is 2. The third-order valence-electron chi connectivity index (χ3n) is 7.77. The highest BCUT2D eigenvalue weighted by molar-refractivity contribution is 14.1. The van der Waals surface area contributed by atoms with Crippen molar-refractivity contribution in [3.05, 3.63) is 46.3 Å². The van der Waals surface area contributed by atoms with Crippen molar-refractivity contribution >= 4 is 22.6 Å². The Balaban J connectivity index is 1.75. The van der Waals surface area contributed by atoms with Crippen LogP contribution in [0.5, 0.6) is 0 Å².